The zero-order valence-electron chi connectivity index (χ0n) is 14.4. The average Bonchev–Trinajstić information content (AvgIpc) is 3.29. The maximum atomic E-state index is 13.0. The van der Waals surface area contributed by atoms with Gasteiger partial charge in [-0.25, -0.2) is 19.0 Å². The Morgan fingerprint density at radius 3 is 2.58 bits per heavy atom. The highest BCUT2D eigenvalue weighted by Gasteiger charge is 2.24. The zero-order chi connectivity index (χ0) is 17.1. The summed E-state index contributed by atoms with van der Waals surface area (Å²) in [4.78, 5) is 16.9. The lowest BCUT2D eigenvalue weighted by Gasteiger charge is -2.22. The quantitative estimate of drug-likeness (QED) is 0.725. The summed E-state index contributed by atoms with van der Waals surface area (Å²) >= 11 is 0. The van der Waals surface area contributed by atoms with Crippen LogP contribution >= 0.6 is 12.4 Å². The van der Waals surface area contributed by atoms with Gasteiger partial charge < -0.3 is 5.32 Å². The Labute approximate surface area is 157 Å². The van der Waals surface area contributed by atoms with Crippen LogP contribution in [0.15, 0.2) is 47.8 Å². The molecule has 8 nitrogen and oxygen atoms in total. The Morgan fingerprint density at radius 1 is 1.12 bits per heavy atom. The van der Waals surface area contributed by atoms with Crippen molar-refractivity contribution >= 4 is 12.4 Å². The van der Waals surface area contributed by atoms with Gasteiger partial charge in [-0.2, -0.15) is 10.2 Å². The van der Waals surface area contributed by atoms with Gasteiger partial charge in [0.25, 0.3) is 0 Å². The van der Waals surface area contributed by atoms with E-state index >= 15 is 0 Å². The standard InChI is InChI=1S/C17H21N7O.ClH/c25-17-23(11-10-22-13-19-12-20-22)21-16(14-6-8-18-9-7-14)24(17)15-4-2-1-3-5-15;/h1-5,12-14,18H,6-11H2;1H. The van der Waals surface area contributed by atoms with Gasteiger partial charge in [0, 0.05) is 5.92 Å². The van der Waals surface area contributed by atoms with Crippen molar-refractivity contribution in [2.24, 2.45) is 0 Å². The summed E-state index contributed by atoms with van der Waals surface area (Å²) in [6, 6.07) is 9.75. The van der Waals surface area contributed by atoms with E-state index in [0.717, 1.165) is 37.4 Å². The van der Waals surface area contributed by atoms with Gasteiger partial charge in [0.15, 0.2) is 0 Å². The number of hydrogen-bond acceptors (Lipinski definition) is 5. The second kappa shape index (κ2) is 8.29. The normalized spacial score (nSPS) is 14.9. The number of nitrogens with zero attached hydrogens (tertiary/aromatic N) is 6. The molecule has 4 rings (SSSR count). The molecule has 1 aromatic carbocycles. The Hall–Kier alpha value is -2.45. The van der Waals surface area contributed by atoms with Gasteiger partial charge in [-0.15, -0.1) is 12.4 Å². The van der Waals surface area contributed by atoms with Gasteiger partial charge in [-0.05, 0) is 38.1 Å². The first kappa shape index (κ1) is 18.3. The fourth-order valence-corrected chi connectivity index (χ4v) is 3.28. The molecular weight excluding hydrogens is 354 g/mol. The molecule has 0 amide bonds. The predicted octanol–water partition coefficient (Wildman–Crippen LogP) is 1.21. The molecule has 138 valence electrons. The van der Waals surface area contributed by atoms with Gasteiger partial charge in [0.05, 0.1) is 18.8 Å². The Morgan fingerprint density at radius 2 is 1.88 bits per heavy atom. The summed E-state index contributed by atoms with van der Waals surface area (Å²) in [5, 5.41) is 12.1. The largest absolute Gasteiger partial charge is 0.350 e. The van der Waals surface area contributed by atoms with Crippen LogP contribution in [0.1, 0.15) is 24.6 Å². The van der Waals surface area contributed by atoms with E-state index in [-0.39, 0.29) is 18.1 Å². The molecule has 0 radical (unpaired) electrons. The smallest absolute Gasteiger partial charge is 0.317 e. The Bertz CT molecular complexity index is 866. The van der Waals surface area contributed by atoms with Crippen LogP contribution in [0.2, 0.25) is 0 Å². The maximum Gasteiger partial charge on any atom is 0.350 e. The zero-order valence-corrected chi connectivity index (χ0v) is 15.2. The summed E-state index contributed by atoms with van der Waals surface area (Å²) in [5.74, 6) is 1.15. The van der Waals surface area contributed by atoms with Crippen molar-refractivity contribution < 1.29 is 0 Å². The Balaban J connectivity index is 0.00000196. The highest BCUT2D eigenvalue weighted by Crippen LogP contribution is 2.24. The molecule has 0 spiro atoms. The number of para-hydroxylation sites is 1. The Kier molecular flexibility index (Phi) is 5.85. The molecule has 0 atom stereocenters. The minimum absolute atomic E-state index is 0. The van der Waals surface area contributed by atoms with Gasteiger partial charge >= 0.3 is 5.69 Å². The molecule has 9 heteroatoms. The molecule has 0 aliphatic carbocycles. The lowest BCUT2D eigenvalue weighted by Crippen LogP contribution is -2.29. The molecule has 1 aliphatic heterocycles. The van der Waals surface area contributed by atoms with Gasteiger partial charge in [0.1, 0.15) is 18.5 Å². The summed E-state index contributed by atoms with van der Waals surface area (Å²) in [7, 11) is 0. The molecule has 26 heavy (non-hydrogen) atoms. The predicted molar refractivity (Wildman–Crippen MR) is 99.9 cm³/mol. The van der Waals surface area contributed by atoms with Crippen LogP contribution in [0.4, 0.5) is 0 Å². The van der Waals surface area contributed by atoms with E-state index in [2.05, 4.69) is 20.5 Å². The number of nitrogens with one attached hydrogen (secondary N) is 1. The van der Waals surface area contributed by atoms with Crippen molar-refractivity contribution in [2.75, 3.05) is 13.1 Å². The van der Waals surface area contributed by atoms with Crippen molar-refractivity contribution in [2.45, 2.75) is 31.8 Å². The van der Waals surface area contributed by atoms with Crippen LogP contribution in [0.25, 0.3) is 5.69 Å². The molecule has 1 fully saturated rings. The van der Waals surface area contributed by atoms with E-state index in [9.17, 15) is 4.79 Å². The van der Waals surface area contributed by atoms with Crippen LogP contribution in [0, 0.1) is 0 Å². The number of rotatable bonds is 5. The van der Waals surface area contributed by atoms with Crippen LogP contribution in [-0.4, -0.2) is 42.2 Å². The van der Waals surface area contributed by atoms with E-state index in [4.69, 9.17) is 0 Å². The van der Waals surface area contributed by atoms with Crippen LogP contribution < -0.4 is 11.0 Å². The third-order valence-corrected chi connectivity index (χ3v) is 4.59. The lowest BCUT2D eigenvalue weighted by atomic mass is 9.97. The highest BCUT2D eigenvalue weighted by molar-refractivity contribution is 5.85. The summed E-state index contributed by atoms with van der Waals surface area (Å²) in [6.45, 7) is 2.95. The second-order valence-corrected chi connectivity index (χ2v) is 6.22. The molecule has 0 saturated carbocycles. The topological polar surface area (TPSA) is 82.6 Å². The van der Waals surface area contributed by atoms with Crippen LogP contribution in [-0.2, 0) is 13.1 Å². The third kappa shape index (κ3) is 3.71. The SMILES string of the molecule is Cl.O=c1n(CCn2cncn2)nc(C2CCNCC2)n1-c1ccccc1. The van der Waals surface area contributed by atoms with E-state index < -0.39 is 0 Å². The van der Waals surface area contributed by atoms with Crippen molar-refractivity contribution in [1.82, 2.24) is 34.4 Å². The van der Waals surface area contributed by atoms with Crippen molar-refractivity contribution in [3.05, 3.63) is 59.3 Å². The molecule has 3 heterocycles. The minimum Gasteiger partial charge on any atom is -0.317 e. The summed E-state index contributed by atoms with van der Waals surface area (Å²) in [5.41, 5.74) is 0.771. The first-order valence-corrected chi connectivity index (χ1v) is 8.61. The molecule has 0 bridgehead atoms. The molecule has 1 N–H and O–H groups in total. The van der Waals surface area contributed by atoms with E-state index in [1.807, 2.05) is 30.3 Å². The van der Waals surface area contributed by atoms with E-state index in [1.165, 1.54) is 6.33 Å². The molecule has 0 unspecified atom stereocenters. The van der Waals surface area contributed by atoms with E-state index in [0.29, 0.717) is 19.0 Å². The average molecular weight is 376 g/mol. The number of halogens is 1. The fraction of sp³-hybridized carbons (Fsp3) is 0.412. The fourth-order valence-electron chi connectivity index (χ4n) is 3.28. The number of aryl methyl sites for hydroxylation is 2. The molecule has 1 saturated heterocycles. The number of piperidine rings is 1. The van der Waals surface area contributed by atoms with Crippen molar-refractivity contribution in [3.8, 4) is 5.69 Å². The molecular formula is C17H22ClN7O. The summed E-state index contributed by atoms with van der Waals surface area (Å²) in [6.07, 6.45) is 5.12. The maximum absolute atomic E-state index is 13.0. The van der Waals surface area contributed by atoms with Crippen molar-refractivity contribution in [3.63, 3.8) is 0 Å². The molecule has 1 aliphatic rings. The number of benzene rings is 1. The van der Waals surface area contributed by atoms with Gasteiger partial charge in [-0.1, -0.05) is 18.2 Å². The van der Waals surface area contributed by atoms with Crippen LogP contribution in [0.3, 0.4) is 0 Å². The molecule has 3 aromatic rings. The van der Waals surface area contributed by atoms with Crippen LogP contribution in [0.5, 0.6) is 0 Å². The first-order chi connectivity index (χ1) is 12.3. The van der Waals surface area contributed by atoms with Crippen molar-refractivity contribution in [1.29, 1.82) is 0 Å². The van der Waals surface area contributed by atoms with Gasteiger partial charge in [0.2, 0.25) is 0 Å². The first-order valence-electron chi connectivity index (χ1n) is 8.61. The van der Waals surface area contributed by atoms with Gasteiger partial charge in [-0.3, -0.25) is 4.68 Å². The molecule has 2 aromatic heterocycles. The monoisotopic (exact) mass is 375 g/mol. The second-order valence-electron chi connectivity index (χ2n) is 6.22. The summed E-state index contributed by atoms with van der Waals surface area (Å²) < 4.78 is 5.02. The van der Waals surface area contributed by atoms with E-state index in [1.54, 1.807) is 20.3 Å². The third-order valence-electron chi connectivity index (χ3n) is 4.59. The number of hydrogen-bond donors (Lipinski definition) is 1. The highest BCUT2D eigenvalue weighted by atomic mass is 35.5. The minimum atomic E-state index is -0.0974. The number of aromatic nitrogens is 6. The lowest BCUT2D eigenvalue weighted by molar-refractivity contribution is 0.433.